The molecule has 0 aromatic heterocycles. The molecule has 2 rings (SSSR count). The summed E-state index contributed by atoms with van der Waals surface area (Å²) in [6.07, 6.45) is 1.63. The van der Waals surface area contributed by atoms with Gasteiger partial charge in [0.05, 0.1) is 27.5 Å². The Morgan fingerprint density at radius 2 is 1.57 bits per heavy atom. The largest absolute Gasteiger partial charge is 0.496 e. The molecule has 0 bridgehead atoms. The SMILES string of the molecule is COc1ccccc1/C=N\OCc1cc(OC)c(OC)cc1C. The molecule has 0 fully saturated rings. The zero-order valence-corrected chi connectivity index (χ0v) is 13.8. The predicted molar refractivity (Wildman–Crippen MR) is 89.7 cm³/mol. The lowest BCUT2D eigenvalue weighted by Gasteiger charge is -2.12. The van der Waals surface area contributed by atoms with Crippen LogP contribution in [-0.2, 0) is 11.4 Å². The minimum absolute atomic E-state index is 0.345. The van der Waals surface area contributed by atoms with Gasteiger partial charge in [-0.05, 0) is 42.3 Å². The maximum atomic E-state index is 5.39. The highest BCUT2D eigenvalue weighted by Crippen LogP contribution is 2.30. The summed E-state index contributed by atoms with van der Waals surface area (Å²) >= 11 is 0. The van der Waals surface area contributed by atoms with Crippen LogP contribution in [0.3, 0.4) is 0 Å². The number of hydrogen-bond donors (Lipinski definition) is 0. The maximum Gasteiger partial charge on any atom is 0.161 e. The molecule has 122 valence electrons. The van der Waals surface area contributed by atoms with Crippen molar-refractivity contribution in [2.75, 3.05) is 21.3 Å². The fourth-order valence-electron chi connectivity index (χ4n) is 2.15. The third kappa shape index (κ3) is 4.16. The molecule has 0 heterocycles. The Hall–Kier alpha value is -2.69. The summed E-state index contributed by atoms with van der Waals surface area (Å²) in [4.78, 5) is 5.39. The summed E-state index contributed by atoms with van der Waals surface area (Å²) in [5.41, 5.74) is 2.90. The molecule has 0 saturated heterocycles. The average Bonchev–Trinajstić information content (AvgIpc) is 2.59. The zero-order valence-electron chi connectivity index (χ0n) is 13.8. The van der Waals surface area contributed by atoms with E-state index in [4.69, 9.17) is 19.0 Å². The molecule has 2 aromatic rings. The summed E-state index contributed by atoms with van der Waals surface area (Å²) in [5.74, 6) is 2.12. The first kappa shape index (κ1) is 16.7. The fourth-order valence-corrected chi connectivity index (χ4v) is 2.15. The first-order valence-electron chi connectivity index (χ1n) is 7.19. The van der Waals surface area contributed by atoms with Crippen LogP contribution in [0.4, 0.5) is 0 Å². The van der Waals surface area contributed by atoms with Crippen molar-refractivity contribution < 1.29 is 19.0 Å². The summed E-state index contributed by atoms with van der Waals surface area (Å²) < 4.78 is 15.8. The Morgan fingerprint density at radius 3 is 2.26 bits per heavy atom. The Kier molecular flexibility index (Phi) is 5.86. The van der Waals surface area contributed by atoms with Crippen LogP contribution in [0.5, 0.6) is 17.2 Å². The number of rotatable bonds is 7. The molecular formula is C18H21NO4. The van der Waals surface area contributed by atoms with Gasteiger partial charge in [-0.15, -0.1) is 0 Å². The number of aryl methyl sites for hydroxylation is 1. The van der Waals surface area contributed by atoms with E-state index in [1.165, 1.54) is 0 Å². The highest BCUT2D eigenvalue weighted by Gasteiger charge is 2.08. The second-order valence-corrected chi connectivity index (χ2v) is 4.88. The van der Waals surface area contributed by atoms with Crippen LogP contribution in [0, 0.1) is 6.92 Å². The van der Waals surface area contributed by atoms with Crippen molar-refractivity contribution in [3.63, 3.8) is 0 Å². The summed E-state index contributed by atoms with van der Waals surface area (Å²) in [5, 5.41) is 4.01. The van der Waals surface area contributed by atoms with E-state index in [1.54, 1.807) is 27.5 Å². The number of ether oxygens (including phenoxy) is 3. The van der Waals surface area contributed by atoms with Gasteiger partial charge in [-0.3, -0.25) is 0 Å². The maximum absolute atomic E-state index is 5.39. The Morgan fingerprint density at radius 1 is 0.913 bits per heavy atom. The van der Waals surface area contributed by atoms with Crippen molar-refractivity contribution in [1.82, 2.24) is 0 Å². The molecule has 0 spiro atoms. The lowest BCUT2D eigenvalue weighted by Crippen LogP contribution is -1.97. The smallest absolute Gasteiger partial charge is 0.161 e. The van der Waals surface area contributed by atoms with Gasteiger partial charge in [0.2, 0.25) is 0 Å². The van der Waals surface area contributed by atoms with Gasteiger partial charge in [0.25, 0.3) is 0 Å². The van der Waals surface area contributed by atoms with E-state index in [0.717, 1.165) is 22.4 Å². The van der Waals surface area contributed by atoms with Crippen molar-refractivity contribution >= 4 is 6.21 Å². The molecule has 0 aliphatic carbocycles. The summed E-state index contributed by atoms with van der Waals surface area (Å²) in [6.45, 7) is 2.34. The Labute approximate surface area is 136 Å². The topological polar surface area (TPSA) is 49.3 Å². The molecule has 0 saturated carbocycles. The number of para-hydroxylation sites is 1. The molecule has 0 unspecified atom stereocenters. The second kappa shape index (κ2) is 8.08. The van der Waals surface area contributed by atoms with E-state index in [2.05, 4.69) is 5.16 Å². The lowest BCUT2D eigenvalue weighted by molar-refractivity contribution is 0.131. The molecule has 23 heavy (non-hydrogen) atoms. The van der Waals surface area contributed by atoms with E-state index >= 15 is 0 Å². The standard InChI is InChI=1S/C18H21NO4/c1-13-9-17(21-3)18(22-4)10-15(13)12-23-19-11-14-7-5-6-8-16(14)20-2/h5-11H,12H2,1-4H3/b19-11-. The van der Waals surface area contributed by atoms with Crippen LogP contribution >= 0.6 is 0 Å². The number of hydrogen-bond acceptors (Lipinski definition) is 5. The van der Waals surface area contributed by atoms with Crippen molar-refractivity contribution in [1.29, 1.82) is 0 Å². The molecule has 5 nitrogen and oxygen atoms in total. The van der Waals surface area contributed by atoms with Gasteiger partial charge in [0.15, 0.2) is 11.5 Å². The van der Waals surface area contributed by atoms with Crippen molar-refractivity contribution in [2.24, 2.45) is 5.16 Å². The van der Waals surface area contributed by atoms with Crippen LogP contribution in [0.2, 0.25) is 0 Å². The molecule has 0 aliphatic rings. The molecule has 0 N–H and O–H groups in total. The third-order valence-electron chi connectivity index (χ3n) is 3.47. The van der Waals surface area contributed by atoms with Crippen LogP contribution in [-0.4, -0.2) is 27.5 Å². The fraction of sp³-hybridized carbons (Fsp3) is 0.278. The normalized spacial score (nSPS) is 10.6. The van der Waals surface area contributed by atoms with Crippen LogP contribution in [0.15, 0.2) is 41.6 Å². The molecule has 5 heteroatoms. The first-order valence-corrected chi connectivity index (χ1v) is 7.19. The second-order valence-electron chi connectivity index (χ2n) is 4.88. The monoisotopic (exact) mass is 315 g/mol. The zero-order chi connectivity index (χ0) is 16.7. The van der Waals surface area contributed by atoms with Gasteiger partial charge in [0, 0.05) is 5.56 Å². The van der Waals surface area contributed by atoms with Gasteiger partial charge in [-0.1, -0.05) is 17.3 Å². The van der Waals surface area contributed by atoms with Gasteiger partial charge >= 0.3 is 0 Å². The Balaban J connectivity index is 2.05. The molecule has 0 amide bonds. The molecule has 0 atom stereocenters. The van der Waals surface area contributed by atoms with E-state index in [-0.39, 0.29) is 0 Å². The highest BCUT2D eigenvalue weighted by molar-refractivity contribution is 5.82. The number of nitrogens with zero attached hydrogens (tertiary/aromatic N) is 1. The van der Waals surface area contributed by atoms with E-state index in [9.17, 15) is 0 Å². The quantitative estimate of drug-likeness (QED) is 0.579. The van der Waals surface area contributed by atoms with Crippen molar-refractivity contribution in [2.45, 2.75) is 13.5 Å². The first-order chi connectivity index (χ1) is 11.2. The van der Waals surface area contributed by atoms with Crippen LogP contribution in [0.1, 0.15) is 16.7 Å². The Bertz CT molecular complexity index is 683. The summed E-state index contributed by atoms with van der Waals surface area (Å²) in [6, 6.07) is 11.4. The van der Waals surface area contributed by atoms with Crippen molar-refractivity contribution in [3.8, 4) is 17.2 Å². The third-order valence-corrected chi connectivity index (χ3v) is 3.47. The predicted octanol–water partition coefficient (Wildman–Crippen LogP) is 3.57. The van der Waals surface area contributed by atoms with Crippen LogP contribution in [0.25, 0.3) is 0 Å². The number of oxime groups is 1. The minimum Gasteiger partial charge on any atom is -0.496 e. The van der Waals surface area contributed by atoms with Crippen LogP contribution < -0.4 is 14.2 Å². The van der Waals surface area contributed by atoms with E-state index in [0.29, 0.717) is 18.1 Å². The number of methoxy groups -OCH3 is 3. The van der Waals surface area contributed by atoms with E-state index < -0.39 is 0 Å². The molecule has 2 aromatic carbocycles. The van der Waals surface area contributed by atoms with Gasteiger partial charge in [0.1, 0.15) is 12.4 Å². The van der Waals surface area contributed by atoms with Gasteiger partial charge in [-0.25, -0.2) is 0 Å². The molecule has 0 radical (unpaired) electrons. The highest BCUT2D eigenvalue weighted by atomic mass is 16.6. The molecule has 0 aliphatic heterocycles. The van der Waals surface area contributed by atoms with E-state index in [1.807, 2.05) is 43.3 Å². The minimum atomic E-state index is 0.345. The average molecular weight is 315 g/mol. The lowest BCUT2D eigenvalue weighted by atomic mass is 10.1. The van der Waals surface area contributed by atoms with Crippen molar-refractivity contribution in [3.05, 3.63) is 53.1 Å². The summed E-state index contributed by atoms with van der Waals surface area (Å²) in [7, 11) is 4.85. The van der Waals surface area contributed by atoms with Gasteiger partial charge < -0.3 is 19.0 Å². The van der Waals surface area contributed by atoms with Gasteiger partial charge in [-0.2, -0.15) is 0 Å². The number of benzene rings is 2. The molecular weight excluding hydrogens is 294 g/mol.